The lowest BCUT2D eigenvalue weighted by atomic mass is 10.1. The molecule has 1 aromatic carbocycles. The number of allylic oxidation sites excluding steroid dienone is 2. The molecular weight excluding hydrogens is 304 g/mol. The van der Waals surface area contributed by atoms with Crippen molar-refractivity contribution in [2.75, 3.05) is 0 Å². The van der Waals surface area contributed by atoms with Gasteiger partial charge >= 0.3 is 0 Å². The highest BCUT2D eigenvalue weighted by molar-refractivity contribution is 6.91. The summed E-state index contributed by atoms with van der Waals surface area (Å²) in [6.45, 7) is 9.72. The van der Waals surface area contributed by atoms with Gasteiger partial charge in [0.2, 0.25) is 0 Å². The first-order chi connectivity index (χ1) is 11.6. The third-order valence-corrected chi connectivity index (χ3v) is 9.56. The first-order valence-electron chi connectivity index (χ1n) is 10.3. The molecule has 0 aromatic heterocycles. The monoisotopic (exact) mass is 344 g/mol. The van der Waals surface area contributed by atoms with Crippen LogP contribution in [0.2, 0.25) is 18.6 Å². The zero-order chi connectivity index (χ0) is 17.7. The maximum Gasteiger partial charge on any atom is 0.0873 e. The average Bonchev–Trinajstić information content (AvgIpc) is 2.60. The highest BCUT2D eigenvalue weighted by Crippen LogP contribution is 2.30. The molecule has 0 aliphatic carbocycles. The summed E-state index contributed by atoms with van der Waals surface area (Å²) in [5, 5.41) is 1.61. The second-order valence-electron chi connectivity index (χ2n) is 7.82. The summed E-state index contributed by atoms with van der Waals surface area (Å²) in [7, 11) is -1.43. The summed E-state index contributed by atoms with van der Waals surface area (Å²) < 4.78 is 0. The molecule has 0 spiro atoms. The summed E-state index contributed by atoms with van der Waals surface area (Å²) >= 11 is 0. The minimum absolute atomic E-state index is 0.780. The van der Waals surface area contributed by atoms with Gasteiger partial charge in [-0.25, -0.2) is 0 Å². The lowest BCUT2D eigenvalue weighted by Gasteiger charge is -2.31. The molecule has 0 amide bonds. The van der Waals surface area contributed by atoms with E-state index in [1.165, 1.54) is 64.2 Å². The molecular formula is C23H40Si. The van der Waals surface area contributed by atoms with Gasteiger partial charge in [-0.2, -0.15) is 0 Å². The number of hydrogen-bond donors (Lipinski definition) is 0. The molecule has 0 N–H and O–H groups in total. The number of benzene rings is 1. The van der Waals surface area contributed by atoms with Crippen molar-refractivity contribution in [2.45, 2.75) is 96.7 Å². The third kappa shape index (κ3) is 7.83. The van der Waals surface area contributed by atoms with Gasteiger partial charge in [-0.15, -0.1) is 0 Å². The first-order valence-corrected chi connectivity index (χ1v) is 13.4. The average molecular weight is 345 g/mol. The van der Waals surface area contributed by atoms with Gasteiger partial charge in [0.15, 0.2) is 0 Å². The van der Waals surface area contributed by atoms with E-state index in [1.54, 1.807) is 5.19 Å². The fourth-order valence-electron chi connectivity index (χ4n) is 3.52. The van der Waals surface area contributed by atoms with E-state index >= 15 is 0 Å². The van der Waals surface area contributed by atoms with E-state index in [-0.39, 0.29) is 0 Å². The second kappa shape index (κ2) is 12.5. The minimum atomic E-state index is -1.43. The summed E-state index contributed by atoms with van der Waals surface area (Å²) in [4.78, 5) is 0. The maximum atomic E-state index is 2.59. The molecule has 0 saturated heterocycles. The van der Waals surface area contributed by atoms with E-state index in [0.29, 0.717) is 0 Å². The minimum Gasteiger partial charge on any atom is -0.0885 e. The molecule has 136 valence electrons. The normalized spacial score (nSPS) is 13.5. The molecule has 0 heterocycles. The van der Waals surface area contributed by atoms with Crippen molar-refractivity contribution >= 4 is 13.3 Å². The summed E-state index contributed by atoms with van der Waals surface area (Å²) in [6, 6.07) is 11.3. The zero-order valence-electron chi connectivity index (χ0n) is 16.7. The van der Waals surface area contributed by atoms with Gasteiger partial charge in [-0.3, -0.25) is 0 Å². The van der Waals surface area contributed by atoms with Gasteiger partial charge < -0.3 is 0 Å². The second-order valence-corrected chi connectivity index (χ2v) is 12.6. The van der Waals surface area contributed by atoms with Crippen LogP contribution in [-0.2, 0) is 0 Å². The zero-order valence-corrected chi connectivity index (χ0v) is 17.7. The van der Waals surface area contributed by atoms with Gasteiger partial charge in [-0.05, 0) is 24.8 Å². The number of unbranched alkanes of at least 4 members (excludes halogenated alkanes) is 7. The van der Waals surface area contributed by atoms with E-state index in [2.05, 4.69) is 69.4 Å². The van der Waals surface area contributed by atoms with Crippen LogP contribution in [0.5, 0.6) is 0 Å². The van der Waals surface area contributed by atoms with Gasteiger partial charge in [0.1, 0.15) is 0 Å². The molecule has 0 nitrogen and oxygen atoms in total. The number of rotatable bonds is 13. The Morgan fingerprint density at radius 3 is 2.08 bits per heavy atom. The quantitative estimate of drug-likeness (QED) is 0.198. The van der Waals surface area contributed by atoms with Crippen LogP contribution < -0.4 is 5.19 Å². The predicted molar refractivity (Wildman–Crippen MR) is 114 cm³/mol. The largest absolute Gasteiger partial charge is 0.0885 e. The molecule has 0 aliphatic heterocycles. The van der Waals surface area contributed by atoms with Crippen LogP contribution in [0.4, 0.5) is 0 Å². The summed E-state index contributed by atoms with van der Waals surface area (Å²) in [5.74, 6) is 0. The van der Waals surface area contributed by atoms with Crippen LogP contribution in [0.25, 0.3) is 0 Å². The van der Waals surface area contributed by atoms with E-state index < -0.39 is 8.07 Å². The van der Waals surface area contributed by atoms with Gasteiger partial charge in [0.25, 0.3) is 0 Å². The maximum absolute atomic E-state index is 2.59. The van der Waals surface area contributed by atoms with Gasteiger partial charge in [0.05, 0.1) is 8.07 Å². The molecule has 1 aromatic rings. The van der Waals surface area contributed by atoms with E-state index in [1.807, 2.05) is 0 Å². The van der Waals surface area contributed by atoms with Crippen molar-refractivity contribution in [3.05, 3.63) is 42.5 Å². The Hall–Kier alpha value is -0.823. The molecule has 0 fully saturated rings. The third-order valence-electron chi connectivity index (χ3n) is 5.41. The van der Waals surface area contributed by atoms with E-state index in [4.69, 9.17) is 0 Å². The summed E-state index contributed by atoms with van der Waals surface area (Å²) in [6.07, 6.45) is 18.7. The fraction of sp³-hybridized carbons (Fsp3) is 0.652. The molecule has 1 rings (SSSR count). The molecule has 1 atom stereocenters. The van der Waals surface area contributed by atoms with Crippen LogP contribution in [0.15, 0.2) is 42.5 Å². The Morgan fingerprint density at radius 1 is 0.833 bits per heavy atom. The Bertz CT molecular complexity index is 433. The lowest BCUT2D eigenvalue weighted by molar-refractivity contribution is 0.630. The molecule has 0 bridgehead atoms. The molecule has 0 saturated carbocycles. The van der Waals surface area contributed by atoms with Crippen LogP contribution in [-0.4, -0.2) is 8.07 Å². The molecule has 0 aliphatic rings. The smallest absolute Gasteiger partial charge is 0.0873 e. The van der Waals surface area contributed by atoms with Crippen LogP contribution >= 0.6 is 0 Å². The van der Waals surface area contributed by atoms with Crippen LogP contribution in [0.1, 0.15) is 78.1 Å². The lowest BCUT2D eigenvalue weighted by Crippen LogP contribution is -2.45. The Labute approximate surface area is 152 Å². The van der Waals surface area contributed by atoms with Crippen molar-refractivity contribution in [2.24, 2.45) is 0 Å². The number of hydrogen-bond acceptors (Lipinski definition) is 0. The standard InChI is InChI=1S/C23H40Si/c1-5-7-9-11-12-15-19-22(18-14-10-8-6-2)24(3,4)23-20-16-13-17-21-23/h13,15-17,19-22H,5-12,14,18H2,1-4H3/b19-15-. The van der Waals surface area contributed by atoms with E-state index in [9.17, 15) is 0 Å². The van der Waals surface area contributed by atoms with Crippen molar-refractivity contribution < 1.29 is 0 Å². The molecule has 1 unspecified atom stereocenters. The topological polar surface area (TPSA) is 0 Å². The van der Waals surface area contributed by atoms with Crippen molar-refractivity contribution in [1.82, 2.24) is 0 Å². The first kappa shape index (κ1) is 21.2. The van der Waals surface area contributed by atoms with Crippen LogP contribution in [0, 0.1) is 0 Å². The van der Waals surface area contributed by atoms with Crippen molar-refractivity contribution in [3.8, 4) is 0 Å². The molecule has 1 heteroatoms. The Morgan fingerprint density at radius 2 is 1.46 bits per heavy atom. The van der Waals surface area contributed by atoms with E-state index in [0.717, 1.165) is 5.54 Å². The van der Waals surface area contributed by atoms with Crippen LogP contribution in [0.3, 0.4) is 0 Å². The van der Waals surface area contributed by atoms with Gasteiger partial charge in [0, 0.05) is 0 Å². The highest BCUT2D eigenvalue weighted by atomic mass is 28.3. The summed E-state index contributed by atoms with van der Waals surface area (Å²) in [5.41, 5.74) is 0.780. The van der Waals surface area contributed by atoms with Gasteiger partial charge in [-0.1, -0.05) is 120 Å². The van der Waals surface area contributed by atoms with Crippen molar-refractivity contribution in [1.29, 1.82) is 0 Å². The van der Waals surface area contributed by atoms with Crippen molar-refractivity contribution in [3.63, 3.8) is 0 Å². The SMILES string of the molecule is CCCCCC/C=C\C(CCCCCC)[Si](C)(C)c1ccccc1. The molecule has 24 heavy (non-hydrogen) atoms. The highest BCUT2D eigenvalue weighted by Gasteiger charge is 2.31. The predicted octanol–water partition coefficient (Wildman–Crippen LogP) is 7.47. The molecule has 0 radical (unpaired) electrons. The Balaban J connectivity index is 2.67. The Kier molecular flexibility index (Phi) is 11.1. The fourth-order valence-corrected chi connectivity index (χ4v) is 6.54.